The van der Waals surface area contributed by atoms with Gasteiger partial charge in [0.05, 0.1) is 10.9 Å². The third-order valence-corrected chi connectivity index (χ3v) is 5.28. The minimum absolute atomic E-state index is 0.0396. The lowest BCUT2D eigenvalue weighted by atomic mass is 10.1. The van der Waals surface area contributed by atoms with E-state index in [1.54, 1.807) is 31.4 Å². The molecule has 31 heavy (non-hydrogen) atoms. The third kappa shape index (κ3) is 5.70. The largest absolute Gasteiger partial charge is 0.385 e. The molecule has 2 aromatic carbocycles. The van der Waals surface area contributed by atoms with Crippen LogP contribution in [0.3, 0.4) is 0 Å². The summed E-state index contributed by atoms with van der Waals surface area (Å²) in [7, 11) is 1.57. The van der Waals surface area contributed by atoms with E-state index in [4.69, 9.17) is 4.74 Å². The quantitative estimate of drug-likeness (QED) is 0.508. The number of carbonyl (C=O) groups excluding carboxylic acids is 1. The Morgan fingerprint density at radius 2 is 1.74 bits per heavy atom. The van der Waals surface area contributed by atoms with Gasteiger partial charge in [0.1, 0.15) is 6.54 Å². The Morgan fingerprint density at radius 1 is 1.03 bits per heavy atom. The average molecular weight is 424 g/mol. The lowest BCUT2D eigenvalue weighted by Gasteiger charge is -2.17. The molecule has 1 N–H and O–H groups in total. The summed E-state index contributed by atoms with van der Waals surface area (Å²) < 4.78 is 7.60. The number of rotatable bonds is 10. The predicted octanol–water partition coefficient (Wildman–Crippen LogP) is 2.34. The number of hydrogen-bond acceptors (Lipinski definition) is 4. The zero-order valence-electron chi connectivity index (χ0n) is 18.0. The molecular weight excluding hydrogens is 394 g/mol. The first-order valence-corrected chi connectivity index (χ1v) is 10.6. The van der Waals surface area contributed by atoms with E-state index in [1.165, 1.54) is 14.7 Å². The highest BCUT2D eigenvalue weighted by Crippen LogP contribution is 2.08. The van der Waals surface area contributed by atoms with Gasteiger partial charge in [-0.05, 0) is 43.9 Å². The molecule has 0 fully saturated rings. The molecule has 0 bridgehead atoms. The molecule has 1 heterocycles. The number of aromatic nitrogens is 2. The van der Waals surface area contributed by atoms with Gasteiger partial charge in [-0.25, -0.2) is 4.79 Å². The van der Waals surface area contributed by atoms with Crippen molar-refractivity contribution in [3.8, 4) is 0 Å². The second kappa shape index (κ2) is 10.7. The minimum atomic E-state index is -0.480. The van der Waals surface area contributed by atoms with E-state index in [0.29, 0.717) is 23.9 Å². The topological polar surface area (TPSA) is 82.3 Å². The van der Waals surface area contributed by atoms with E-state index in [1.807, 2.05) is 25.1 Å². The SMILES string of the molecule is COCCCn1c(=O)c2ccccc2n(CC(=O)N[C@@H](C)CCc2ccccc2)c1=O. The van der Waals surface area contributed by atoms with Gasteiger partial charge in [0.2, 0.25) is 5.91 Å². The van der Waals surface area contributed by atoms with Crippen molar-refractivity contribution in [3.63, 3.8) is 0 Å². The summed E-state index contributed by atoms with van der Waals surface area (Å²) in [6.45, 7) is 2.50. The first-order valence-electron chi connectivity index (χ1n) is 10.6. The van der Waals surface area contributed by atoms with Crippen LogP contribution in [0, 0.1) is 0 Å². The van der Waals surface area contributed by atoms with Crippen LogP contribution in [0.15, 0.2) is 64.2 Å². The summed E-state index contributed by atoms with van der Waals surface area (Å²) in [5.74, 6) is -0.255. The first kappa shape index (κ1) is 22.5. The van der Waals surface area contributed by atoms with E-state index < -0.39 is 5.69 Å². The Morgan fingerprint density at radius 3 is 2.48 bits per heavy atom. The van der Waals surface area contributed by atoms with E-state index >= 15 is 0 Å². The molecule has 0 aliphatic carbocycles. The summed E-state index contributed by atoms with van der Waals surface area (Å²) in [4.78, 5) is 38.5. The van der Waals surface area contributed by atoms with Crippen LogP contribution in [0.4, 0.5) is 0 Å². The molecule has 0 radical (unpaired) electrons. The van der Waals surface area contributed by atoms with E-state index in [2.05, 4.69) is 17.4 Å². The Kier molecular flexibility index (Phi) is 7.78. The number of carbonyl (C=O) groups is 1. The van der Waals surface area contributed by atoms with Crippen LogP contribution in [0.2, 0.25) is 0 Å². The molecular formula is C24H29N3O4. The number of benzene rings is 2. The Bertz CT molecular complexity index is 1140. The highest BCUT2D eigenvalue weighted by atomic mass is 16.5. The van der Waals surface area contributed by atoms with Crippen molar-refractivity contribution < 1.29 is 9.53 Å². The van der Waals surface area contributed by atoms with Gasteiger partial charge in [0.25, 0.3) is 5.56 Å². The third-order valence-electron chi connectivity index (χ3n) is 5.28. The van der Waals surface area contributed by atoms with Crippen molar-refractivity contribution >= 4 is 16.8 Å². The molecule has 164 valence electrons. The zero-order valence-corrected chi connectivity index (χ0v) is 18.0. The standard InChI is InChI=1S/C24H29N3O4/c1-18(13-14-19-9-4-3-5-10-19)25-22(28)17-27-21-12-7-6-11-20(21)23(29)26(24(27)30)15-8-16-31-2/h3-7,9-12,18H,8,13-17H2,1-2H3,(H,25,28)/t18-/m0/s1. The van der Waals surface area contributed by atoms with Gasteiger partial charge in [0.15, 0.2) is 0 Å². The lowest BCUT2D eigenvalue weighted by molar-refractivity contribution is -0.122. The van der Waals surface area contributed by atoms with E-state index in [0.717, 1.165) is 12.8 Å². The monoisotopic (exact) mass is 423 g/mol. The van der Waals surface area contributed by atoms with Crippen LogP contribution >= 0.6 is 0 Å². The molecule has 1 atom stereocenters. The molecule has 7 heteroatoms. The number of amides is 1. The second-order valence-electron chi connectivity index (χ2n) is 7.68. The number of fused-ring (bicyclic) bond motifs is 1. The highest BCUT2D eigenvalue weighted by Gasteiger charge is 2.16. The molecule has 1 amide bonds. The molecule has 0 saturated carbocycles. The van der Waals surface area contributed by atoms with Gasteiger partial charge in [-0.1, -0.05) is 42.5 Å². The number of nitrogens with one attached hydrogen (secondary N) is 1. The van der Waals surface area contributed by atoms with Crippen molar-refractivity contribution in [1.82, 2.24) is 14.5 Å². The summed E-state index contributed by atoms with van der Waals surface area (Å²) in [5, 5.41) is 3.39. The normalized spacial score (nSPS) is 12.1. The fraction of sp³-hybridized carbons (Fsp3) is 0.375. The van der Waals surface area contributed by atoms with Crippen LogP contribution in [-0.4, -0.2) is 34.8 Å². The van der Waals surface area contributed by atoms with Crippen LogP contribution in [0.5, 0.6) is 0 Å². The molecule has 0 unspecified atom stereocenters. The Hall–Kier alpha value is -3.19. The minimum Gasteiger partial charge on any atom is -0.385 e. The van der Waals surface area contributed by atoms with Crippen molar-refractivity contribution in [1.29, 1.82) is 0 Å². The average Bonchev–Trinajstić information content (AvgIpc) is 2.78. The summed E-state index contributed by atoms with van der Waals surface area (Å²) in [6, 6.07) is 16.9. The summed E-state index contributed by atoms with van der Waals surface area (Å²) in [6.07, 6.45) is 2.18. The molecule has 0 spiro atoms. The molecule has 7 nitrogen and oxygen atoms in total. The first-order chi connectivity index (χ1) is 15.0. The van der Waals surface area contributed by atoms with Gasteiger partial charge in [-0.3, -0.25) is 18.7 Å². The van der Waals surface area contributed by atoms with Gasteiger partial charge in [-0.2, -0.15) is 0 Å². The maximum absolute atomic E-state index is 13.0. The molecule has 3 rings (SSSR count). The van der Waals surface area contributed by atoms with E-state index in [-0.39, 0.29) is 30.6 Å². The summed E-state index contributed by atoms with van der Waals surface area (Å²) in [5.41, 5.74) is 0.859. The van der Waals surface area contributed by atoms with Gasteiger partial charge >= 0.3 is 5.69 Å². The van der Waals surface area contributed by atoms with Crippen LogP contribution < -0.4 is 16.6 Å². The Balaban J connectivity index is 1.77. The van der Waals surface area contributed by atoms with Gasteiger partial charge in [0, 0.05) is 26.3 Å². The lowest BCUT2D eigenvalue weighted by Crippen LogP contribution is -2.44. The summed E-state index contributed by atoms with van der Waals surface area (Å²) >= 11 is 0. The number of hydrogen-bond donors (Lipinski definition) is 1. The second-order valence-corrected chi connectivity index (χ2v) is 7.68. The maximum Gasteiger partial charge on any atom is 0.331 e. The Labute approximate surface area is 181 Å². The van der Waals surface area contributed by atoms with Crippen LogP contribution in [-0.2, 0) is 29.0 Å². The van der Waals surface area contributed by atoms with Crippen molar-refractivity contribution in [2.75, 3.05) is 13.7 Å². The number of ether oxygens (including phenoxy) is 1. The molecule has 0 aliphatic heterocycles. The van der Waals surface area contributed by atoms with Gasteiger partial charge < -0.3 is 10.1 Å². The molecule has 0 aliphatic rings. The molecule has 1 aromatic heterocycles. The zero-order chi connectivity index (χ0) is 22.2. The number of para-hydroxylation sites is 1. The van der Waals surface area contributed by atoms with Crippen molar-refractivity contribution in [3.05, 3.63) is 81.0 Å². The maximum atomic E-state index is 13.0. The fourth-order valence-electron chi connectivity index (χ4n) is 3.65. The molecule has 3 aromatic rings. The number of methoxy groups -OCH3 is 1. The number of aryl methyl sites for hydroxylation is 1. The van der Waals surface area contributed by atoms with Gasteiger partial charge in [-0.15, -0.1) is 0 Å². The highest BCUT2D eigenvalue weighted by molar-refractivity contribution is 5.81. The predicted molar refractivity (Wildman–Crippen MR) is 121 cm³/mol. The van der Waals surface area contributed by atoms with Crippen molar-refractivity contribution in [2.24, 2.45) is 0 Å². The van der Waals surface area contributed by atoms with Crippen LogP contribution in [0.25, 0.3) is 10.9 Å². The molecule has 0 saturated heterocycles. The smallest absolute Gasteiger partial charge is 0.331 e. The van der Waals surface area contributed by atoms with E-state index in [9.17, 15) is 14.4 Å². The van der Waals surface area contributed by atoms with Crippen molar-refractivity contribution in [2.45, 2.75) is 45.3 Å². The van der Waals surface area contributed by atoms with Crippen LogP contribution in [0.1, 0.15) is 25.3 Å². The number of nitrogens with zero attached hydrogens (tertiary/aromatic N) is 2. The fourth-order valence-corrected chi connectivity index (χ4v) is 3.65.